The van der Waals surface area contributed by atoms with Crippen molar-refractivity contribution in [3.8, 4) is 0 Å². The van der Waals surface area contributed by atoms with Crippen molar-refractivity contribution < 1.29 is 14.7 Å². The molecule has 0 aliphatic carbocycles. The van der Waals surface area contributed by atoms with E-state index in [1.165, 1.54) is 0 Å². The van der Waals surface area contributed by atoms with E-state index < -0.39 is 11.5 Å². The summed E-state index contributed by atoms with van der Waals surface area (Å²) in [5.74, 6) is -0.655. The number of Topliss-reactive ketones (excluding diaryl/α,β-unsaturated/α-hetero) is 1. The van der Waals surface area contributed by atoms with Crippen molar-refractivity contribution in [3.05, 3.63) is 63.1 Å². The topological polar surface area (TPSA) is 57.6 Å². The van der Waals surface area contributed by atoms with Crippen LogP contribution in [0, 0.1) is 13.8 Å². The zero-order chi connectivity index (χ0) is 19.1. The minimum Gasteiger partial charge on any atom is -0.375 e. The first kappa shape index (κ1) is 18.8. The Morgan fingerprint density at radius 2 is 1.92 bits per heavy atom. The summed E-state index contributed by atoms with van der Waals surface area (Å²) in [5, 5.41) is 11.3. The second-order valence-electron chi connectivity index (χ2n) is 6.90. The minimum atomic E-state index is -1.83. The predicted octanol–water partition coefficient (Wildman–Crippen LogP) is 4.28. The largest absolute Gasteiger partial charge is 0.375 e. The van der Waals surface area contributed by atoms with Crippen molar-refractivity contribution in [2.75, 3.05) is 11.4 Å². The molecular weight excluding hydrogens is 394 g/mol. The number of halogens is 1. The van der Waals surface area contributed by atoms with Crippen molar-refractivity contribution in [3.63, 3.8) is 0 Å². The molecule has 0 unspecified atom stereocenters. The van der Waals surface area contributed by atoms with Gasteiger partial charge in [0.2, 0.25) is 0 Å². The maximum Gasteiger partial charge on any atom is 0.264 e. The van der Waals surface area contributed by atoms with E-state index in [4.69, 9.17) is 0 Å². The molecule has 0 aromatic heterocycles. The van der Waals surface area contributed by atoms with E-state index in [9.17, 15) is 14.7 Å². The van der Waals surface area contributed by atoms with E-state index in [-0.39, 0.29) is 12.2 Å². The monoisotopic (exact) mass is 415 g/mol. The molecule has 136 valence electrons. The number of carbonyl (C=O) groups is 2. The number of nitrogens with zero attached hydrogens (tertiary/aromatic N) is 1. The predicted molar refractivity (Wildman–Crippen MR) is 106 cm³/mol. The van der Waals surface area contributed by atoms with Gasteiger partial charge in [0.05, 0.1) is 12.1 Å². The van der Waals surface area contributed by atoms with Gasteiger partial charge in [-0.2, -0.15) is 0 Å². The average Bonchev–Trinajstić information content (AvgIpc) is 2.79. The van der Waals surface area contributed by atoms with Crippen LogP contribution in [0.3, 0.4) is 0 Å². The number of carbonyl (C=O) groups excluding carboxylic acids is 2. The molecule has 1 aliphatic heterocycles. The molecule has 0 spiro atoms. The lowest BCUT2D eigenvalue weighted by Crippen LogP contribution is -2.42. The van der Waals surface area contributed by atoms with Gasteiger partial charge >= 0.3 is 0 Å². The third kappa shape index (κ3) is 3.10. The number of ketones is 1. The number of amides is 1. The van der Waals surface area contributed by atoms with Gasteiger partial charge in [0.15, 0.2) is 11.4 Å². The minimum absolute atomic E-state index is 0.230. The molecular formula is C21H22BrNO3. The summed E-state index contributed by atoms with van der Waals surface area (Å²) < 4.78 is 0.764. The number of fused-ring (bicyclic) bond motifs is 1. The standard InChI is InChI=1S/C21H22BrNO3/c1-4-9-23-18-8-7-15(22)11-17(18)21(26,20(23)25)12-19(24)16-10-13(2)5-6-14(16)3/h5-8,10-11,26H,4,9,12H2,1-3H3/t21-/m1/s1. The van der Waals surface area contributed by atoms with E-state index in [1.54, 1.807) is 11.0 Å². The van der Waals surface area contributed by atoms with Crippen molar-refractivity contribution in [1.82, 2.24) is 0 Å². The Morgan fingerprint density at radius 3 is 2.62 bits per heavy atom. The van der Waals surface area contributed by atoms with E-state index in [2.05, 4.69) is 15.9 Å². The fraction of sp³-hybridized carbons (Fsp3) is 0.333. The van der Waals surface area contributed by atoms with Crippen LogP contribution < -0.4 is 4.90 Å². The molecule has 1 aliphatic rings. The highest BCUT2D eigenvalue weighted by Crippen LogP contribution is 2.44. The summed E-state index contributed by atoms with van der Waals surface area (Å²) in [6.07, 6.45) is 0.502. The third-order valence-corrected chi connectivity index (χ3v) is 5.34. The molecule has 0 saturated heterocycles. The van der Waals surface area contributed by atoms with Gasteiger partial charge in [-0.1, -0.05) is 40.5 Å². The average molecular weight is 416 g/mol. The Hall–Kier alpha value is -1.98. The van der Waals surface area contributed by atoms with E-state index in [0.717, 1.165) is 22.0 Å². The van der Waals surface area contributed by atoms with Crippen LogP contribution in [0.5, 0.6) is 0 Å². The molecule has 4 nitrogen and oxygen atoms in total. The molecule has 5 heteroatoms. The number of benzene rings is 2. The molecule has 2 aromatic carbocycles. The zero-order valence-electron chi connectivity index (χ0n) is 15.2. The van der Waals surface area contributed by atoms with Gasteiger partial charge in [-0.3, -0.25) is 9.59 Å². The Labute approximate surface area is 162 Å². The fourth-order valence-corrected chi connectivity index (χ4v) is 3.86. The molecule has 3 rings (SSSR count). The van der Waals surface area contributed by atoms with Crippen LogP contribution in [0.25, 0.3) is 0 Å². The highest BCUT2D eigenvalue weighted by atomic mass is 79.9. The van der Waals surface area contributed by atoms with Crippen molar-refractivity contribution in [2.24, 2.45) is 0 Å². The molecule has 1 N–H and O–H groups in total. The first-order valence-electron chi connectivity index (χ1n) is 8.72. The highest BCUT2D eigenvalue weighted by molar-refractivity contribution is 9.10. The van der Waals surface area contributed by atoms with Crippen LogP contribution in [0.15, 0.2) is 40.9 Å². The van der Waals surface area contributed by atoms with Gasteiger partial charge < -0.3 is 10.0 Å². The summed E-state index contributed by atoms with van der Waals surface area (Å²) >= 11 is 3.40. The van der Waals surface area contributed by atoms with Crippen molar-refractivity contribution in [1.29, 1.82) is 0 Å². The van der Waals surface area contributed by atoms with Gasteiger partial charge in [0.25, 0.3) is 5.91 Å². The third-order valence-electron chi connectivity index (χ3n) is 4.85. The molecule has 26 heavy (non-hydrogen) atoms. The number of aryl methyl sites for hydroxylation is 2. The van der Waals surface area contributed by atoms with Crippen molar-refractivity contribution in [2.45, 2.75) is 39.2 Å². The van der Waals surface area contributed by atoms with Crippen molar-refractivity contribution >= 4 is 33.3 Å². The Morgan fingerprint density at radius 1 is 1.19 bits per heavy atom. The molecule has 1 heterocycles. The summed E-state index contributed by atoms with van der Waals surface area (Å²) in [6.45, 7) is 6.26. The molecule has 2 aromatic rings. The van der Waals surface area contributed by atoms with Crippen LogP contribution in [0.1, 0.15) is 46.8 Å². The maximum atomic E-state index is 13.0. The lowest BCUT2D eigenvalue weighted by atomic mass is 9.87. The molecule has 1 amide bonds. The molecule has 0 fully saturated rings. The number of hydrogen-bond acceptors (Lipinski definition) is 3. The summed E-state index contributed by atoms with van der Waals surface area (Å²) in [4.78, 5) is 27.5. The normalized spacial score (nSPS) is 19.0. The zero-order valence-corrected chi connectivity index (χ0v) is 16.8. The van der Waals surface area contributed by atoms with E-state index in [0.29, 0.717) is 23.4 Å². The molecule has 0 bridgehead atoms. The van der Waals surface area contributed by atoms with E-state index >= 15 is 0 Å². The summed E-state index contributed by atoms with van der Waals surface area (Å²) in [5.41, 5.74) is 1.70. The van der Waals surface area contributed by atoms with Crippen LogP contribution >= 0.6 is 15.9 Å². The van der Waals surface area contributed by atoms with Gasteiger partial charge in [0, 0.05) is 22.1 Å². The first-order valence-corrected chi connectivity index (χ1v) is 9.52. The van der Waals surface area contributed by atoms with Gasteiger partial charge in [-0.25, -0.2) is 0 Å². The van der Waals surface area contributed by atoms with Crippen LogP contribution in [-0.4, -0.2) is 23.3 Å². The highest BCUT2D eigenvalue weighted by Gasteiger charge is 2.50. The SMILES string of the molecule is CCCN1C(=O)[C@@](O)(CC(=O)c2cc(C)ccc2C)c2cc(Br)ccc21. The number of rotatable bonds is 5. The second-order valence-corrected chi connectivity index (χ2v) is 7.81. The van der Waals surface area contributed by atoms with Gasteiger partial charge in [-0.15, -0.1) is 0 Å². The van der Waals surface area contributed by atoms with E-state index in [1.807, 2.05) is 51.1 Å². The summed E-state index contributed by atoms with van der Waals surface area (Å²) in [6, 6.07) is 11.0. The fourth-order valence-electron chi connectivity index (χ4n) is 3.50. The maximum absolute atomic E-state index is 13.0. The number of hydrogen-bond donors (Lipinski definition) is 1. The number of aliphatic hydroxyl groups is 1. The van der Waals surface area contributed by atoms with Gasteiger partial charge in [-0.05, 0) is 50.1 Å². The molecule has 1 atom stereocenters. The Bertz CT molecular complexity index is 893. The molecule has 0 saturated carbocycles. The lowest BCUT2D eigenvalue weighted by molar-refractivity contribution is -0.135. The van der Waals surface area contributed by atoms with Crippen LogP contribution in [0.4, 0.5) is 5.69 Å². The lowest BCUT2D eigenvalue weighted by Gasteiger charge is -2.23. The number of anilines is 1. The summed E-state index contributed by atoms with van der Waals surface area (Å²) in [7, 11) is 0. The van der Waals surface area contributed by atoms with Gasteiger partial charge in [0.1, 0.15) is 0 Å². The Balaban J connectivity index is 2.03. The second kappa shape index (κ2) is 6.97. The quantitative estimate of drug-likeness (QED) is 0.741. The smallest absolute Gasteiger partial charge is 0.264 e. The first-order chi connectivity index (χ1) is 12.3. The van der Waals surface area contributed by atoms with Crippen LogP contribution in [0.2, 0.25) is 0 Å². The molecule has 0 radical (unpaired) electrons. The Kier molecular flexibility index (Phi) is 5.04. The van der Waals surface area contributed by atoms with Crippen LogP contribution in [-0.2, 0) is 10.4 Å².